The molecule has 0 radical (unpaired) electrons. The van der Waals surface area contributed by atoms with Crippen molar-refractivity contribution >= 4 is 16.9 Å². The lowest BCUT2D eigenvalue weighted by atomic mass is 9.83. The highest BCUT2D eigenvalue weighted by Gasteiger charge is 2.36. The maximum absolute atomic E-state index is 13.2. The molecule has 9 heteroatoms. The molecule has 0 spiro atoms. The van der Waals surface area contributed by atoms with Crippen molar-refractivity contribution < 1.29 is 13.2 Å². The Hall–Kier alpha value is -2.65. The second-order valence-electron chi connectivity index (χ2n) is 8.43. The molecule has 1 aromatic carbocycles. The number of fused-ring (bicyclic) bond motifs is 2. The molecule has 0 amide bonds. The van der Waals surface area contributed by atoms with E-state index in [1.807, 2.05) is 12.1 Å². The summed E-state index contributed by atoms with van der Waals surface area (Å²) in [5.41, 5.74) is 1.84. The van der Waals surface area contributed by atoms with Crippen LogP contribution in [0.2, 0.25) is 0 Å². The number of nitrogens with zero attached hydrogens (tertiary/aromatic N) is 4. The van der Waals surface area contributed by atoms with Gasteiger partial charge >= 0.3 is 6.18 Å². The van der Waals surface area contributed by atoms with Gasteiger partial charge in [-0.3, -0.25) is 4.90 Å². The molecule has 1 aliphatic carbocycles. The van der Waals surface area contributed by atoms with Gasteiger partial charge in [0.05, 0.1) is 11.4 Å². The van der Waals surface area contributed by atoms with Crippen LogP contribution in [0, 0.1) is 0 Å². The van der Waals surface area contributed by atoms with Gasteiger partial charge in [-0.25, -0.2) is 9.97 Å². The molecule has 164 valence electrons. The first-order valence-corrected chi connectivity index (χ1v) is 10.6. The number of piperazine rings is 1. The zero-order valence-electron chi connectivity index (χ0n) is 17.3. The minimum absolute atomic E-state index is 0.0595. The molecule has 3 aromatic rings. The van der Waals surface area contributed by atoms with Gasteiger partial charge in [-0.2, -0.15) is 13.2 Å². The Labute approximate surface area is 178 Å². The van der Waals surface area contributed by atoms with Gasteiger partial charge in [0, 0.05) is 32.2 Å². The zero-order valence-corrected chi connectivity index (χ0v) is 17.3. The summed E-state index contributed by atoms with van der Waals surface area (Å²) >= 11 is 0. The Morgan fingerprint density at radius 2 is 1.87 bits per heavy atom. The van der Waals surface area contributed by atoms with Crippen LogP contribution in [0.5, 0.6) is 0 Å². The van der Waals surface area contributed by atoms with Crippen LogP contribution >= 0.6 is 0 Å². The SMILES string of the molecule is CN1CCN(C2CCc3ccccc3C2Nc2ncnc3[nH]c(C(F)(F)F)cc23)CC1. The number of nitrogens with one attached hydrogen (secondary N) is 2. The number of hydrogen-bond donors (Lipinski definition) is 2. The molecule has 0 saturated carbocycles. The highest BCUT2D eigenvalue weighted by molar-refractivity contribution is 5.88. The second-order valence-corrected chi connectivity index (χ2v) is 8.43. The standard InChI is InChI=1S/C22H25F3N6/c1-30-8-10-31(11-9-30)17-7-6-14-4-2-3-5-15(14)19(17)29-21-16-12-18(22(23,24)25)28-20(16)26-13-27-21/h2-5,12-13,17,19H,6-11H2,1H3,(H2,26,27,28,29). The van der Waals surface area contributed by atoms with E-state index < -0.39 is 11.9 Å². The minimum atomic E-state index is -4.46. The van der Waals surface area contributed by atoms with Crippen molar-refractivity contribution in [2.75, 3.05) is 38.5 Å². The molecule has 31 heavy (non-hydrogen) atoms. The third kappa shape index (κ3) is 3.87. The first-order chi connectivity index (χ1) is 14.9. The van der Waals surface area contributed by atoms with E-state index in [4.69, 9.17) is 0 Å². The van der Waals surface area contributed by atoms with Gasteiger partial charge in [-0.1, -0.05) is 24.3 Å². The van der Waals surface area contributed by atoms with Crippen LogP contribution in [0.4, 0.5) is 19.0 Å². The number of benzene rings is 1. The van der Waals surface area contributed by atoms with E-state index in [2.05, 4.69) is 49.2 Å². The molecule has 2 atom stereocenters. The molecule has 5 rings (SSSR count). The van der Waals surface area contributed by atoms with Crippen molar-refractivity contribution in [3.8, 4) is 0 Å². The van der Waals surface area contributed by atoms with Crippen LogP contribution in [0.25, 0.3) is 11.0 Å². The fourth-order valence-corrected chi connectivity index (χ4v) is 4.82. The number of aromatic nitrogens is 3. The Kier molecular flexibility index (Phi) is 5.10. The van der Waals surface area contributed by atoms with Crippen LogP contribution in [0.3, 0.4) is 0 Å². The van der Waals surface area contributed by atoms with Crippen molar-refractivity contribution in [1.82, 2.24) is 24.8 Å². The van der Waals surface area contributed by atoms with Crippen LogP contribution in [-0.2, 0) is 12.6 Å². The molecule has 3 heterocycles. The summed E-state index contributed by atoms with van der Waals surface area (Å²) in [5, 5.41) is 3.87. The minimum Gasteiger partial charge on any atom is -0.361 e. The Balaban J connectivity index is 1.52. The van der Waals surface area contributed by atoms with Crippen molar-refractivity contribution in [2.24, 2.45) is 0 Å². The van der Waals surface area contributed by atoms with Gasteiger partial charge in [0.2, 0.25) is 0 Å². The summed E-state index contributed by atoms with van der Waals surface area (Å²) < 4.78 is 39.7. The second kappa shape index (κ2) is 7.80. The van der Waals surface area contributed by atoms with Gasteiger partial charge in [0.25, 0.3) is 0 Å². The monoisotopic (exact) mass is 430 g/mol. The summed E-state index contributed by atoms with van der Waals surface area (Å²) in [6.07, 6.45) is -1.17. The van der Waals surface area contributed by atoms with E-state index in [0.717, 1.165) is 45.1 Å². The maximum Gasteiger partial charge on any atom is 0.431 e. The number of rotatable bonds is 3. The summed E-state index contributed by atoms with van der Waals surface area (Å²) in [7, 11) is 2.13. The molecule has 2 N–H and O–H groups in total. The Morgan fingerprint density at radius 1 is 1.10 bits per heavy atom. The third-order valence-corrected chi connectivity index (χ3v) is 6.51. The predicted octanol–water partition coefficient (Wildman–Crippen LogP) is 3.69. The lowest BCUT2D eigenvalue weighted by molar-refractivity contribution is -0.140. The average molecular weight is 430 g/mol. The number of anilines is 1. The van der Waals surface area contributed by atoms with E-state index in [1.54, 1.807) is 0 Å². The fourth-order valence-electron chi connectivity index (χ4n) is 4.82. The Morgan fingerprint density at radius 3 is 2.65 bits per heavy atom. The van der Waals surface area contributed by atoms with E-state index in [0.29, 0.717) is 11.2 Å². The smallest absolute Gasteiger partial charge is 0.361 e. The number of alkyl halides is 3. The van der Waals surface area contributed by atoms with E-state index in [9.17, 15) is 13.2 Å². The van der Waals surface area contributed by atoms with Crippen LogP contribution in [0.15, 0.2) is 36.7 Å². The fraction of sp³-hybridized carbons (Fsp3) is 0.455. The topological polar surface area (TPSA) is 60.1 Å². The molecular formula is C22H25F3N6. The highest BCUT2D eigenvalue weighted by Crippen LogP contribution is 2.38. The summed E-state index contributed by atoms with van der Waals surface area (Å²) in [4.78, 5) is 15.5. The molecule has 1 saturated heterocycles. The van der Waals surface area contributed by atoms with E-state index in [1.165, 1.54) is 17.5 Å². The molecule has 1 aliphatic heterocycles. The molecular weight excluding hydrogens is 405 g/mol. The van der Waals surface area contributed by atoms with Crippen molar-refractivity contribution in [2.45, 2.75) is 31.1 Å². The van der Waals surface area contributed by atoms with Crippen molar-refractivity contribution in [1.29, 1.82) is 0 Å². The lowest BCUT2D eigenvalue weighted by Crippen LogP contribution is -2.53. The van der Waals surface area contributed by atoms with E-state index >= 15 is 0 Å². The summed E-state index contributed by atoms with van der Waals surface area (Å²) in [6.45, 7) is 3.97. The maximum atomic E-state index is 13.2. The van der Waals surface area contributed by atoms with Crippen LogP contribution in [0.1, 0.15) is 29.3 Å². The summed E-state index contributed by atoms with van der Waals surface area (Å²) in [5.74, 6) is 0.428. The number of aromatic amines is 1. The first kappa shape index (κ1) is 20.3. The molecule has 2 unspecified atom stereocenters. The van der Waals surface area contributed by atoms with Gasteiger partial charge < -0.3 is 15.2 Å². The number of hydrogen-bond acceptors (Lipinski definition) is 5. The number of H-pyrrole nitrogens is 1. The first-order valence-electron chi connectivity index (χ1n) is 10.6. The third-order valence-electron chi connectivity index (χ3n) is 6.51. The number of aryl methyl sites for hydroxylation is 1. The predicted molar refractivity (Wildman–Crippen MR) is 113 cm³/mol. The average Bonchev–Trinajstić information content (AvgIpc) is 3.21. The molecule has 2 aliphatic rings. The van der Waals surface area contributed by atoms with E-state index in [-0.39, 0.29) is 17.7 Å². The molecule has 2 aromatic heterocycles. The highest BCUT2D eigenvalue weighted by atomic mass is 19.4. The zero-order chi connectivity index (χ0) is 21.6. The van der Waals surface area contributed by atoms with Gasteiger partial charge in [0.1, 0.15) is 23.5 Å². The van der Waals surface area contributed by atoms with Gasteiger partial charge in [-0.05, 0) is 37.1 Å². The number of halogens is 3. The van der Waals surface area contributed by atoms with Crippen molar-refractivity contribution in [3.05, 3.63) is 53.5 Å². The molecule has 1 fully saturated rings. The quantitative estimate of drug-likeness (QED) is 0.664. The van der Waals surface area contributed by atoms with Crippen LogP contribution in [-0.4, -0.2) is 64.0 Å². The van der Waals surface area contributed by atoms with Gasteiger partial charge in [0.15, 0.2) is 0 Å². The molecule has 0 bridgehead atoms. The summed E-state index contributed by atoms with van der Waals surface area (Å²) in [6, 6.07) is 9.59. The van der Waals surface area contributed by atoms with Gasteiger partial charge in [-0.15, -0.1) is 0 Å². The largest absolute Gasteiger partial charge is 0.431 e. The lowest BCUT2D eigenvalue weighted by Gasteiger charge is -2.44. The Bertz CT molecular complexity index is 1070. The van der Waals surface area contributed by atoms with Crippen molar-refractivity contribution in [3.63, 3.8) is 0 Å². The molecule has 6 nitrogen and oxygen atoms in total. The van der Waals surface area contributed by atoms with Crippen LogP contribution < -0.4 is 5.32 Å². The number of likely N-dealkylation sites (N-methyl/N-ethyl adjacent to an activating group) is 1. The normalized spacial score (nSPS) is 23.1.